The number of alkyl halides is 3. The smallest absolute Gasteiger partial charge is 0.456 e. The zero-order valence-corrected chi connectivity index (χ0v) is 38.0. The number of aromatic nitrogens is 1. The molecule has 1 aromatic heterocycles. The van der Waals surface area contributed by atoms with Gasteiger partial charge in [0.25, 0.3) is 0 Å². The summed E-state index contributed by atoms with van der Waals surface area (Å²) in [5, 5.41) is 14.9. The Morgan fingerprint density at radius 3 is 1.75 bits per heavy atom. The summed E-state index contributed by atoms with van der Waals surface area (Å²) >= 11 is 12.5. The molecule has 0 atom stereocenters. The number of nitrogens with zero attached hydrogens (tertiary/aromatic N) is 2. The van der Waals surface area contributed by atoms with Crippen molar-refractivity contribution in [2.75, 3.05) is 84.5 Å². The molecule has 16 heteroatoms. The van der Waals surface area contributed by atoms with Crippen molar-refractivity contribution >= 4 is 51.7 Å². The Morgan fingerprint density at radius 2 is 1.19 bits per heavy atom. The van der Waals surface area contributed by atoms with Crippen molar-refractivity contribution in [3.05, 3.63) is 129 Å². The van der Waals surface area contributed by atoms with Crippen molar-refractivity contribution in [1.29, 1.82) is 0 Å². The van der Waals surface area contributed by atoms with E-state index in [2.05, 4.69) is 17.4 Å². The molecular weight excluding hydrogens is 891 g/mol. The van der Waals surface area contributed by atoms with Crippen molar-refractivity contribution < 1.29 is 46.7 Å². The first-order chi connectivity index (χ1) is 31.1. The molecule has 2 N–H and O–H groups in total. The van der Waals surface area contributed by atoms with E-state index in [-0.39, 0.29) is 37.1 Å². The third-order valence-electron chi connectivity index (χ3n) is 10.5. The fourth-order valence-corrected chi connectivity index (χ4v) is 8.22. The highest BCUT2D eigenvalue weighted by molar-refractivity contribution is 7.97. The van der Waals surface area contributed by atoms with Crippen LogP contribution in [-0.2, 0) is 25.6 Å². The number of aliphatic hydroxyl groups excluding tert-OH is 1. The van der Waals surface area contributed by atoms with E-state index in [4.69, 9.17) is 61.7 Å². The summed E-state index contributed by atoms with van der Waals surface area (Å²) in [5.74, 6) is 1.04. The molecule has 5 aromatic rings. The predicted octanol–water partition coefficient (Wildman–Crippen LogP) is 11.0. The van der Waals surface area contributed by atoms with E-state index in [1.165, 1.54) is 4.31 Å². The van der Waals surface area contributed by atoms with Crippen molar-refractivity contribution in [2.45, 2.75) is 56.2 Å². The number of hydrogen-bond acceptors (Lipinski definition) is 11. The molecular formula is C48H56Cl2F3N3O7S. The second-order valence-electron chi connectivity index (χ2n) is 15.2. The highest BCUT2D eigenvalue weighted by Gasteiger charge is 2.34. The molecule has 0 spiro atoms. The molecule has 0 aliphatic carbocycles. The normalized spacial score (nSPS) is 13.8. The molecule has 1 aliphatic heterocycles. The van der Waals surface area contributed by atoms with E-state index in [0.717, 1.165) is 58.3 Å². The summed E-state index contributed by atoms with van der Waals surface area (Å²) in [6.45, 7) is 5.39. The Hall–Kier alpha value is -3.83. The standard InChI is InChI=1S/C48H56Cl2F3N3O7S/c49-39-11-6-36(7-12-39)47(37-8-13-40(50)14-9-37)38-10-17-44-43(32-38)45(54-41-18-20-56(21-19-41)64-48(51,52)53)33-46(55-44)63-31-29-61-27-26-60-25-24-58-22-2-1-3-23-59-28-30-62-42-15-4-35(34-57)5-16-42/h4-17,32-33,41,47,57H,1-3,18-31,34H2,(H,54,55). The molecule has 10 nitrogen and oxygen atoms in total. The van der Waals surface area contributed by atoms with E-state index in [1.807, 2.05) is 84.9 Å². The number of nitrogens with one attached hydrogen (secondary N) is 1. The average molecular weight is 947 g/mol. The highest BCUT2D eigenvalue weighted by Crippen LogP contribution is 2.39. The Kier molecular flexibility index (Phi) is 20.4. The van der Waals surface area contributed by atoms with Crippen LogP contribution in [0.2, 0.25) is 10.0 Å². The van der Waals surface area contributed by atoms with Crippen LogP contribution >= 0.6 is 35.1 Å². The van der Waals surface area contributed by atoms with Crippen LogP contribution in [0.5, 0.6) is 11.6 Å². The number of aliphatic hydroxyl groups is 1. The minimum Gasteiger partial charge on any atom is -0.491 e. The van der Waals surface area contributed by atoms with Gasteiger partial charge < -0.3 is 38.8 Å². The second kappa shape index (κ2) is 26.3. The average Bonchev–Trinajstić information content (AvgIpc) is 3.29. The van der Waals surface area contributed by atoms with E-state index in [0.29, 0.717) is 107 Å². The fraction of sp³-hybridized carbons (Fsp3) is 0.438. The SMILES string of the molecule is OCc1ccc(OCCOCCCCCOCCOCCOCCOc2cc(NC3CCN(SC(F)(F)F)CC3)c3cc(C(c4ccc(Cl)cc4)c4ccc(Cl)cc4)ccc3n2)cc1. The van der Waals surface area contributed by atoms with Crippen LogP contribution in [0.1, 0.15) is 60.3 Å². The van der Waals surface area contributed by atoms with E-state index in [1.54, 1.807) is 0 Å². The van der Waals surface area contributed by atoms with Crippen LogP contribution in [0, 0.1) is 0 Å². The maximum atomic E-state index is 13.1. The molecule has 6 rings (SSSR count). The van der Waals surface area contributed by atoms with Crippen molar-refractivity contribution in [2.24, 2.45) is 0 Å². The van der Waals surface area contributed by atoms with Crippen LogP contribution < -0.4 is 14.8 Å². The van der Waals surface area contributed by atoms with Crippen LogP contribution in [-0.4, -0.2) is 105 Å². The van der Waals surface area contributed by atoms with E-state index >= 15 is 0 Å². The lowest BCUT2D eigenvalue weighted by Gasteiger charge is -2.32. The number of halogens is 5. The minimum absolute atomic E-state index is 0.0182. The van der Waals surface area contributed by atoms with Gasteiger partial charge >= 0.3 is 5.51 Å². The summed E-state index contributed by atoms with van der Waals surface area (Å²) in [6, 6.07) is 30.9. The number of piperidine rings is 1. The fourth-order valence-electron chi connectivity index (χ4n) is 7.28. The molecule has 1 aliphatic rings. The first-order valence-corrected chi connectivity index (χ1v) is 23.2. The number of ether oxygens (including phenoxy) is 6. The lowest BCUT2D eigenvalue weighted by atomic mass is 9.84. The Morgan fingerprint density at radius 1 is 0.656 bits per heavy atom. The molecule has 64 heavy (non-hydrogen) atoms. The number of pyridine rings is 1. The van der Waals surface area contributed by atoms with Crippen LogP contribution in [0.4, 0.5) is 18.9 Å². The summed E-state index contributed by atoms with van der Waals surface area (Å²) in [7, 11) is 0. The van der Waals surface area contributed by atoms with Gasteiger partial charge in [-0.2, -0.15) is 13.2 Å². The molecule has 0 saturated carbocycles. The van der Waals surface area contributed by atoms with Crippen LogP contribution in [0.15, 0.2) is 97.1 Å². The van der Waals surface area contributed by atoms with Gasteiger partial charge in [-0.15, -0.1) is 0 Å². The highest BCUT2D eigenvalue weighted by atomic mass is 35.5. The van der Waals surface area contributed by atoms with Gasteiger partial charge in [0.05, 0.1) is 51.8 Å². The molecule has 346 valence electrons. The summed E-state index contributed by atoms with van der Waals surface area (Å²) in [4.78, 5) is 4.83. The topological polar surface area (TPSA) is 104 Å². The third-order valence-corrected chi connectivity index (χ3v) is 11.8. The molecule has 1 fully saturated rings. The van der Waals surface area contributed by atoms with Gasteiger partial charge in [0.2, 0.25) is 5.88 Å². The number of unbranched alkanes of at least 4 members (excludes halogenated alkanes) is 2. The van der Waals surface area contributed by atoms with Crippen LogP contribution in [0.25, 0.3) is 10.9 Å². The molecule has 1 saturated heterocycles. The van der Waals surface area contributed by atoms with Gasteiger partial charge in [-0.05, 0) is 103 Å². The first kappa shape index (κ1) is 49.6. The maximum Gasteiger partial charge on any atom is 0.456 e. The Balaban J connectivity index is 0.926. The van der Waals surface area contributed by atoms with Crippen molar-refractivity contribution in [3.8, 4) is 11.6 Å². The molecule has 0 radical (unpaired) electrons. The van der Waals surface area contributed by atoms with E-state index < -0.39 is 5.51 Å². The monoisotopic (exact) mass is 945 g/mol. The lowest BCUT2D eigenvalue weighted by Crippen LogP contribution is -2.37. The quantitative estimate of drug-likeness (QED) is 0.0299. The molecule has 4 aromatic carbocycles. The Bertz CT molecular complexity index is 2070. The zero-order chi connectivity index (χ0) is 45.0. The number of fused-ring (bicyclic) bond motifs is 1. The molecule has 0 bridgehead atoms. The largest absolute Gasteiger partial charge is 0.491 e. The van der Waals surface area contributed by atoms with Gasteiger partial charge in [0.15, 0.2) is 0 Å². The Labute approximate surface area is 387 Å². The maximum absolute atomic E-state index is 13.1. The second-order valence-corrected chi connectivity index (χ2v) is 17.2. The van der Waals surface area contributed by atoms with Gasteiger partial charge in [0.1, 0.15) is 19.0 Å². The van der Waals surface area contributed by atoms with Gasteiger partial charge in [-0.25, -0.2) is 9.29 Å². The molecule has 0 unspecified atom stereocenters. The number of benzene rings is 4. The van der Waals surface area contributed by atoms with Gasteiger partial charge in [-0.1, -0.05) is 65.7 Å². The minimum atomic E-state index is -4.31. The number of rotatable bonds is 27. The van der Waals surface area contributed by atoms with E-state index in [9.17, 15) is 13.2 Å². The van der Waals surface area contributed by atoms with Gasteiger partial charge in [0, 0.05) is 77.4 Å². The molecule has 2 heterocycles. The van der Waals surface area contributed by atoms with Crippen molar-refractivity contribution in [3.63, 3.8) is 0 Å². The zero-order valence-electron chi connectivity index (χ0n) is 35.7. The van der Waals surface area contributed by atoms with Crippen LogP contribution in [0.3, 0.4) is 0 Å². The number of hydrogen-bond donors (Lipinski definition) is 2. The predicted molar refractivity (Wildman–Crippen MR) is 248 cm³/mol. The lowest BCUT2D eigenvalue weighted by molar-refractivity contribution is -0.0366. The van der Waals surface area contributed by atoms with Gasteiger partial charge in [-0.3, -0.25) is 0 Å². The molecule has 0 amide bonds. The van der Waals surface area contributed by atoms with Crippen molar-refractivity contribution in [1.82, 2.24) is 9.29 Å². The first-order valence-electron chi connectivity index (χ1n) is 21.6. The summed E-state index contributed by atoms with van der Waals surface area (Å²) in [5.41, 5.74) is 1.17. The summed E-state index contributed by atoms with van der Waals surface area (Å²) < 4.78 is 75.1. The third kappa shape index (κ3) is 16.9. The number of anilines is 1. The summed E-state index contributed by atoms with van der Waals surface area (Å²) in [6.07, 6.45) is 4.00.